The van der Waals surface area contributed by atoms with Crippen molar-refractivity contribution >= 4 is 11.6 Å². The molecule has 1 aromatic heterocycles. The second-order valence-electron chi connectivity index (χ2n) is 6.41. The highest BCUT2D eigenvalue weighted by Crippen LogP contribution is 2.45. The maximum atomic E-state index is 11.3. The number of rotatable bonds is 3. The number of carbonyl (C=O) groups excluding carboxylic acids is 1. The van der Waals surface area contributed by atoms with E-state index in [0.29, 0.717) is 17.1 Å². The zero-order valence-corrected chi connectivity index (χ0v) is 15.1. The molecule has 7 heteroatoms. The average Bonchev–Trinajstić information content (AvgIpc) is 3.11. The molecule has 1 amide bonds. The van der Waals surface area contributed by atoms with Gasteiger partial charge in [-0.2, -0.15) is 5.26 Å². The van der Waals surface area contributed by atoms with E-state index in [1.165, 1.54) is 6.92 Å². The first-order chi connectivity index (χ1) is 13.6. The number of nitriles is 1. The van der Waals surface area contributed by atoms with Gasteiger partial charge in [-0.05, 0) is 23.3 Å². The summed E-state index contributed by atoms with van der Waals surface area (Å²) >= 11 is 0. The largest absolute Gasteiger partial charge is 0.420 e. The Balaban J connectivity index is 1.85. The zero-order valence-electron chi connectivity index (χ0n) is 15.1. The molecule has 1 aliphatic rings. The fourth-order valence-electron chi connectivity index (χ4n) is 3.37. The van der Waals surface area contributed by atoms with Crippen LogP contribution in [0.5, 0.6) is 5.88 Å². The number of benzene rings is 2. The van der Waals surface area contributed by atoms with E-state index in [0.717, 1.165) is 22.4 Å². The number of fused-ring (bicyclic) bond motifs is 1. The molecule has 0 bridgehead atoms. The second kappa shape index (κ2) is 6.93. The molecule has 1 atom stereocenters. The minimum absolute atomic E-state index is 0.0389. The van der Waals surface area contributed by atoms with Gasteiger partial charge >= 0.3 is 0 Å². The first-order valence-corrected chi connectivity index (χ1v) is 8.67. The van der Waals surface area contributed by atoms with E-state index in [-0.39, 0.29) is 11.8 Å². The van der Waals surface area contributed by atoms with Gasteiger partial charge in [0.2, 0.25) is 17.7 Å². The van der Waals surface area contributed by atoms with Crippen LogP contribution in [0.15, 0.2) is 66.1 Å². The lowest BCUT2D eigenvalue weighted by molar-refractivity contribution is -0.114. The number of hydrogen-bond acceptors (Lipinski definition) is 5. The van der Waals surface area contributed by atoms with Crippen molar-refractivity contribution in [2.45, 2.75) is 12.8 Å². The van der Waals surface area contributed by atoms with Crippen molar-refractivity contribution in [3.63, 3.8) is 0 Å². The Labute approximate surface area is 161 Å². The highest BCUT2D eigenvalue weighted by atomic mass is 16.5. The number of carbonyl (C=O) groups is 1. The summed E-state index contributed by atoms with van der Waals surface area (Å²) in [4.78, 5) is 11.3. The number of aromatic amines is 1. The molecule has 7 nitrogen and oxygen atoms in total. The number of aromatic nitrogens is 2. The van der Waals surface area contributed by atoms with Gasteiger partial charge in [0, 0.05) is 12.6 Å². The summed E-state index contributed by atoms with van der Waals surface area (Å²) in [6.07, 6.45) is 0. The van der Waals surface area contributed by atoms with E-state index in [9.17, 15) is 10.1 Å². The Morgan fingerprint density at radius 1 is 1.21 bits per heavy atom. The Kier molecular flexibility index (Phi) is 4.30. The number of ether oxygens (including phenoxy) is 1. The first kappa shape index (κ1) is 17.4. The highest BCUT2D eigenvalue weighted by Gasteiger charge is 2.35. The Morgan fingerprint density at radius 3 is 2.57 bits per heavy atom. The molecule has 0 saturated carbocycles. The average molecular weight is 371 g/mol. The lowest BCUT2D eigenvalue weighted by atomic mass is 9.83. The SMILES string of the molecule is CC(=O)Nc1ccc([C@@H]2C(C#N)=C(N)Oc3n[nH]c(-c4ccccc4)c32)cc1. The van der Waals surface area contributed by atoms with Crippen molar-refractivity contribution in [2.24, 2.45) is 5.73 Å². The van der Waals surface area contributed by atoms with Gasteiger partial charge in [0.1, 0.15) is 11.6 Å². The van der Waals surface area contributed by atoms with Gasteiger partial charge in [-0.25, -0.2) is 0 Å². The molecule has 0 radical (unpaired) electrons. The number of amides is 1. The minimum atomic E-state index is -0.436. The van der Waals surface area contributed by atoms with Crippen molar-refractivity contribution in [3.8, 4) is 23.2 Å². The van der Waals surface area contributed by atoms with E-state index in [4.69, 9.17) is 10.5 Å². The third kappa shape index (κ3) is 2.97. The summed E-state index contributed by atoms with van der Waals surface area (Å²) in [5.74, 6) is -0.193. The first-order valence-electron chi connectivity index (χ1n) is 8.67. The van der Waals surface area contributed by atoms with Gasteiger partial charge < -0.3 is 15.8 Å². The normalized spacial score (nSPS) is 15.4. The van der Waals surface area contributed by atoms with Gasteiger partial charge in [0.05, 0.1) is 17.2 Å². The summed E-state index contributed by atoms with van der Waals surface area (Å²) in [5.41, 5.74) is 10.3. The van der Waals surface area contributed by atoms with Crippen LogP contribution in [-0.4, -0.2) is 16.1 Å². The minimum Gasteiger partial charge on any atom is -0.420 e. The quantitative estimate of drug-likeness (QED) is 0.653. The molecule has 2 heterocycles. The Hall–Kier alpha value is -4.05. The predicted octanol–water partition coefficient (Wildman–Crippen LogP) is 3.25. The summed E-state index contributed by atoms with van der Waals surface area (Å²) < 4.78 is 5.60. The van der Waals surface area contributed by atoms with Crippen LogP contribution in [0.25, 0.3) is 11.3 Å². The molecule has 2 aromatic carbocycles. The van der Waals surface area contributed by atoms with Gasteiger partial charge in [-0.15, -0.1) is 5.10 Å². The third-order valence-electron chi connectivity index (χ3n) is 4.57. The van der Waals surface area contributed by atoms with Gasteiger partial charge in [0.15, 0.2) is 0 Å². The lowest BCUT2D eigenvalue weighted by Gasteiger charge is -2.24. The van der Waals surface area contributed by atoms with Crippen LogP contribution in [0, 0.1) is 11.3 Å². The number of H-pyrrole nitrogens is 1. The van der Waals surface area contributed by atoms with Crippen LogP contribution in [0.3, 0.4) is 0 Å². The monoisotopic (exact) mass is 371 g/mol. The zero-order chi connectivity index (χ0) is 19.7. The Morgan fingerprint density at radius 2 is 1.93 bits per heavy atom. The van der Waals surface area contributed by atoms with E-state index < -0.39 is 5.92 Å². The number of hydrogen-bond donors (Lipinski definition) is 3. The van der Waals surface area contributed by atoms with E-state index in [2.05, 4.69) is 21.6 Å². The number of nitrogens with one attached hydrogen (secondary N) is 2. The van der Waals surface area contributed by atoms with Crippen molar-refractivity contribution in [3.05, 3.63) is 77.2 Å². The summed E-state index contributed by atoms with van der Waals surface area (Å²) in [6, 6.07) is 19.2. The van der Waals surface area contributed by atoms with Crippen LogP contribution in [0.2, 0.25) is 0 Å². The standard InChI is InChI=1S/C21H17N5O2/c1-12(27)24-15-9-7-13(8-10-15)17-16(11-22)20(23)28-21-18(17)19(25-26-21)14-5-3-2-4-6-14/h2-10,17H,23H2,1H3,(H,24,27)(H,25,26)/t17-/m1/s1. The predicted molar refractivity (Wildman–Crippen MR) is 104 cm³/mol. The van der Waals surface area contributed by atoms with Gasteiger partial charge in [-0.1, -0.05) is 42.5 Å². The molecule has 0 spiro atoms. The molecule has 3 aromatic rings. The highest BCUT2D eigenvalue weighted by molar-refractivity contribution is 5.88. The molecule has 1 aliphatic heterocycles. The van der Waals surface area contributed by atoms with E-state index in [1.54, 1.807) is 12.1 Å². The van der Waals surface area contributed by atoms with E-state index in [1.807, 2.05) is 42.5 Å². The summed E-state index contributed by atoms with van der Waals surface area (Å²) in [5, 5.41) is 19.7. The molecule has 0 aliphatic carbocycles. The van der Waals surface area contributed by atoms with Crippen LogP contribution in [0.4, 0.5) is 5.69 Å². The fourth-order valence-corrected chi connectivity index (χ4v) is 3.37. The number of nitrogens with two attached hydrogens (primary N) is 1. The van der Waals surface area contributed by atoms with Crippen LogP contribution >= 0.6 is 0 Å². The van der Waals surface area contributed by atoms with Gasteiger partial charge in [0.25, 0.3) is 0 Å². The molecular weight excluding hydrogens is 354 g/mol. The molecule has 0 unspecified atom stereocenters. The maximum Gasteiger partial charge on any atom is 0.244 e. The number of allylic oxidation sites excluding steroid dienone is 1. The van der Waals surface area contributed by atoms with Gasteiger partial charge in [-0.3, -0.25) is 9.89 Å². The Bertz CT molecular complexity index is 1110. The second-order valence-corrected chi connectivity index (χ2v) is 6.41. The third-order valence-corrected chi connectivity index (χ3v) is 4.57. The maximum absolute atomic E-state index is 11.3. The van der Waals surface area contributed by atoms with Crippen LogP contribution in [-0.2, 0) is 4.79 Å². The smallest absolute Gasteiger partial charge is 0.244 e. The molecule has 4 rings (SSSR count). The molecule has 0 saturated heterocycles. The number of nitrogens with zero attached hydrogens (tertiary/aromatic N) is 2. The molecule has 138 valence electrons. The van der Waals surface area contributed by atoms with Crippen molar-refractivity contribution in [1.29, 1.82) is 5.26 Å². The molecular formula is C21H17N5O2. The van der Waals surface area contributed by atoms with Crippen LogP contribution in [0.1, 0.15) is 24.0 Å². The number of anilines is 1. The summed E-state index contributed by atoms with van der Waals surface area (Å²) in [6.45, 7) is 1.45. The lowest BCUT2D eigenvalue weighted by Crippen LogP contribution is -2.21. The van der Waals surface area contributed by atoms with Crippen molar-refractivity contribution < 1.29 is 9.53 Å². The van der Waals surface area contributed by atoms with Crippen molar-refractivity contribution in [1.82, 2.24) is 10.2 Å². The topological polar surface area (TPSA) is 117 Å². The van der Waals surface area contributed by atoms with Crippen molar-refractivity contribution in [2.75, 3.05) is 5.32 Å². The molecule has 0 fully saturated rings. The van der Waals surface area contributed by atoms with Crippen LogP contribution < -0.4 is 15.8 Å². The summed E-state index contributed by atoms with van der Waals surface area (Å²) in [7, 11) is 0. The fraction of sp³-hybridized carbons (Fsp3) is 0.0952. The van der Waals surface area contributed by atoms with E-state index >= 15 is 0 Å². The molecule has 4 N–H and O–H groups in total. The molecule has 28 heavy (non-hydrogen) atoms.